The lowest BCUT2D eigenvalue weighted by atomic mass is 10.1. The van der Waals surface area contributed by atoms with Crippen LogP contribution in [0.15, 0.2) is 10.6 Å². The van der Waals surface area contributed by atoms with E-state index in [1.807, 2.05) is 0 Å². The van der Waals surface area contributed by atoms with Crippen LogP contribution in [0.1, 0.15) is 37.3 Å². The fourth-order valence-electron chi connectivity index (χ4n) is 2.18. The lowest BCUT2D eigenvalue weighted by molar-refractivity contribution is -0.137. The van der Waals surface area contributed by atoms with Gasteiger partial charge < -0.3 is 14.4 Å². The van der Waals surface area contributed by atoms with E-state index in [1.54, 1.807) is 6.20 Å². The summed E-state index contributed by atoms with van der Waals surface area (Å²) in [5.41, 5.74) is 0. The second-order valence-electron chi connectivity index (χ2n) is 4.44. The standard InChI is InChI=1S/C12H18N2O3/c1-2-14-6-5-9(8-14)12-13-7-10(17-12)3-4-11(15)16/h7,9H,2-6,8H2,1H3,(H,15,16). The molecule has 1 fully saturated rings. The minimum atomic E-state index is -0.805. The first-order chi connectivity index (χ1) is 8.19. The minimum absolute atomic E-state index is 0.0976. The molecule has 2 heterocycles. The third kappa shape index (κ3) is 3.06. The molecule has 1 aromatic heterocycles. The highest BCUT2D eigenvalue weighted by atomic mass is 16.4. The fraction of sp³-hybridized carbons (Fsp3) is 0.667. The number of hydrogen-bond donors (Lipinski definition) is 1. The van der Waals surface area contributed by atoms with Crippen LogP contribution >= 0.6 is 0 Å². The van der Waals surface area contributed by atoms with Crippen molar-refractivity contribution in [2.45, 2.75) is 32.1 Å². The average molecular weight is 238 g/mol. The lowest BCUT2D eigenvalue weighted by Gasteiger charge is -2.10. The van der Waals surface area contributed by atoms with E-state index in [0.29, 0.717) is 18.1 Å². The van der Waals surface area contributed by atoms with Gasteiger partial charge in [0, 0.05) is 18.9 Å². The van der Waals surface area contributed by atoms with Gasteiger partial charge >= 0.3 is 5.97 Å². The Bertz CT molecular complexity index is 389. The molecule has 1 N–H and O–H groups in total. The van der Waals surface area contributed by atoms with Crippen LogP contribution in [-0.4, -0.2) is 40.6 Å². The van der Waals surface area contributed by atoms with Crippen LogP contribution in [0.25, 0.3) is 0 Å². The molecule has 1 aliphatic rings. The summed E-state index contributed by atoms with van der Waals surface area (Å²) < 4.78 is 5.61. The molecule has 1 aliphatic heterocycles. The highest BCUT2D eigenvalue weighted by Gasteiger charge is 2.26. The Labute approximate surface area is 100 Å². The molecule has 1 saturated heterocycles. The smallest absolute Gasteiger partial charge is 0.303 e. The van der Waals surface area contributed by atoms with Crippen LogP contribution in [0.2, 0.25) is 0 Å². The Morgan fingerprint density at radius 2 is 2.53 bits per heavy atom. The number of aliphatic carboxylic acids is 1. The van der Waals surface area contributed by atoms with Crippen LogP contribution in [0.4, 0.5) is 0 Å². The normalized spacial score (nSPS) is 20.9. The topological polar surface area (TPSA) is 66.6 Å². The lowest BCUT2D eigenvalue weighted by Crippen LogP contribution is -2.19. The van der Waals surface area contributed by atoms with E-state index in [0.717, 1.165) is 31.9 Å². The van der Waals surface area contributed by atoms with Gasteiger partial charge in [0.25, 0.3) is 0 Å². The second kappa shape index (κ2) is 5.31. The maximum Gasteiger partial charge on any atom is 0.303 e. The van der Waals surface area contributed by atoms with Gasteiger partial charge in [-0.2, -0.15) is 0 Å². The summed E-state index contributed by atoms with van der Waals surface area (Å²) in [4.78, 5) is 17.1. The maximum absolute atomic E-state index is 10.4. The van der Waals surface area contributed by atoms with Gasteiger partial charge in [-0.15, -0.1) is 0 Å². The van der Waals surface area contributed by atoms with Gasteiger partial charge in [0.15, 0.2) is 5.89 Å². The van der Waals surface area contributed by atoms with Gasteiger partial charge in [-0.1, -0.05) is 6.92 Å². The van der Waals surface area contributed by atoms with Crippen molar-refractivity contribution in [1.82, 2.24) is 9.88 Å². The Balaban J connectivity index is 1.92. The molecule has 0 spiro atoms. The Morgan fingerprint density at radius 3 is 3.18 bits per heavy atom. The number of aromatic nitrogens is 1. The molecule has 94 valence electrons. The van der Waals surface area contributed by atoms with E-state index in [9.17, 15) is 4.79 Å². The molecule has 0 aliphatic carbocycles. The van der Waals surface area contributed by atoms with E-state index < -0.39 is 5.97 Å². The van der Waals surface area contributed by atoms with E-state index in [4.69, 9.17) is 9.52 Å². The van der Waals surface area contributed by atoms with Crippen LogP contribution in [0.5, 0.6) is 0 Å². The van der Waals surface area contributed by atoms with Crippen molar-refractivity contribution >= 4 is 5.97 Å². The van der Waals surface area contributed by atoms with Crippen LogP contribution in [-0.2, 0) is 11.2 Å². The number of carboxylic acid groups (broad SMARTS) is 1. The van der Waals surface area contributed by atoms with Crippen molar-refractivity contribution in [3.8, 4) is 0 Å². The van der Waals surface area contributed by atoms with Crippen molar-refractivity contribution in [2.24, 2.45) is 0 Å². The summed E-state index contributed by atoms with van der Waals surface area (Å²) in [6.07, 6.45) is 3.26. The van der Waals surface area contributed by atoms with E-state index in [-0.39, 0.29) is 6.42 Å². The second-order valence-corrected chi connectivity index (χ2v) is 4.44. The van der Waals surface area contributed by atoms with Gasteiger partial charge in [0.2, 0.25) is 0 Å². The first-order valence-corrected chi connectivity index (χ1v) is 6.07. The molecule has 5 nitrogen and oxygen atoms in total. The molecule has 5 heteroatoms. The third-order valence-corrected chi connectivity index (χ3v) is 3.23. The number of likely N-dealkylation sites (N-methyl/N-ethyl adjacent to an activating group) is 1. The summed E-state index contributed by atoms with van der Waals surface area (Å²) in [5, 5.41) is 8.59. The fourth-order valence-corrected chi connectivity index (χ4v) is 2.18. The largest absolute Gasteiger partial charge is 0.481 e. The van der Waals surface area contributed by atoms with Gasteiger partial charge in [-0.25, -0.2) is 4.98 Å². The summed E-state index contributed by atoms with van der Waals surface area (Å²) in [5.74, 6) is 1.01. The average Bonchev–Trinajstić information content (AvgIpc) is 2.94. The number of rotatable bonds is 5. The minimum Gasteiger partial charge on any atom is -0.481 e. The van der Waals surface area contributed by atoms with Crippen molar-refractivity contribution in [3.05, 3.63) is 17.8 Å². The summed E-state index contributed by atoms with van der Waals surface area (Å²) >= 11 is 0. The molecule has 2 rings (SSSR count). The molecule has 0 bridgehead atoms. The maximum atomic E-state index is 10.4. The van der Waals surface area contributed by atoms with E-state index in [1.165, 1.54) is 0 Å². The monoisotopic (exact) mass is 238 g/mol. The predicted molar refractivity (Wildman–Crippen MR) is 61.9 cm³/mol. The molecule has 1 unspecified atom stereocenters. The summed E-state index contributed by atoms with van der Waals surface area (Å²) in [6.45, 7) is 5.29. The zero-order valence-corrected chi connectivity index (χ0v) is 10.1. The highest BCUT2D eigenvalue weighted by Crippen LogP contribution is 2.26. The predicted octanol–water partition coefficient (Wildman–Crippen LogP) is 1.50. The van der Waals surface area contributed by atoms with Gasteiger partial charge in [-0.3, -0.25) is 4.79 Å². The molecule has 0 saturated carbocycles. The molecule has 0 radical (unpaired) electrons. The summed E-state index contributed by atoms with van der Waals surface area (Å²) in [7, 11) is 0. The van der Waals surface area contributed by atoms with Crippen molar-refractivity contribution in [3.63, 3.8) is 0 Å². The van der Waals surface area contributed by atoms with Crippen molar-refractivity contribution in [1.29, 1.82) is 0 Å². The van der Waals surface area contributed by atoms with Crippen LogP contribution in [0.3, 0.4) is 0 Å². The van der Waals surface area contributed by atoms with Crippen LogP contribution in [0, 0.1) is 0 Å². The van der Waals surface area contributed by atoms with Gasteiger partial charge in [-0.05, 0) is 19.5 Å². The number of carboxylic acids is 1. The van der Waals surface area contributed by atoms with Crippen LogP contribution < -0.4 is 0 Å². The molecule has 1 atom stereocenters. The number of hydrogen-bond acceptors (Lipinski definition) is 4. The zero-order valence-electron chi connectivity index (χ0n) is 10.1. The van der Waals surface area contributed by atoms with E-state index in [2.05, 4.69) is 16.8 Å². The molecule has 1 aromatic rings. The molecular weight excluding hydrogens is 220 g/mol. The number of aryl methyl sites for hydroxylation is 1. The Kier molecular flexibility index (Phi) is 3.78. The quantitative estimate of drug-likeness (QED) is 0.842. The SMILES string of the molecule is CCN1CCC(c2ncc(CCC(=O)O)o2)C1. The first-order valence-electron chi connectivity index (χ1n) is 6.07. The van der Waals surface area contributed by atoms with Crippen molar-refractivity contribution < 1.29 is 14.3 Å². The number of nitrogens with zero attached hydrogens (tertiary/aromatic N) is 2. The molecule has 17 heavy (non-hydrogen) atoms. The van der Waals surface area contributed by atoms with Gasteiger partial charge in [0.05, 0.1) is 12.6 Å². The number of carbonyl (C=O) groups is 1. The van der Waals surface area contributed by atoms with E-state index >= 15 is 0 Å². The third-order valence-electron chi connectivity index (χ3n) is 3.23. The van der Waals surface area contributed by atoms with Crippen molar-refractivity contribution in [2.75, 3.05) is 19.6 Å². The highest BCUT2D eigenvalue weighted by molar-refractivity contribution is 5.66. The molecular formula is C12H18N2O3. The Morgan fingerprint density at radius 1 is 1.71 bits per heavy atom. The Hall–Kier alpha value is -1.36. The number of likely N-dealkylation sites (tertiary alicyclic amines) is 1. The molecule has 0 amide bonds. The zero-order chi connectivity index (χ0) is 12.3. The summed E-state index contributed by atoms with van der Waals surface area (Å²) in [6, 6.07) is 0. The molecule has 0 aromatic carbocycles. The van der Waals surface area contributed by atoms with Gasteiger partial charge in [0.1, 0.15) is 5.76 Å². The first kappa shape index (κ1) is 12.1. The number of oxazole rings is 1.